The Balaban J connectivity index is 1.96. The molecule has 5 heteroatoms. The monoisotopic (exact) mass is 401 g/mol. The Labute approximate surface area is 134 Å². The number of ether oxygens (including phenoxy) is 1. The van der Waals surface area contributed by atoms with Crippen LogP contribution in [0.25, 0.3) is 0 Å². The summed E-state index contributed by atoms with van der Waals surface area (Å²) in [6.07, 6.45) is 0. The van der Waals surface area contributed by atoms with E-state index in [-0.39, 0.29) is 5.82 Å². The van der Waals surface area contributed by atoms with Crippen LogP contribution in [0.5, 0.6) is 5.75 Å². The quantitative estimate of drug-likeness (QED) is 0.785. The topological polar surface area (TPSA) is 21.3 Å². The highest BCUT2D eigenvalue weighted by atomic mass is 79.9. The molecule has 2 aromatic rings. The lowest BCUT2D eigenvalue weighted by molar-refractivity contribution is 0.412. The van der Waals surface area contributed by atoms with Crippen molar-refractivity contribution in [2.75, 3.05) is 7.11 Å². The van der Waals surface area contributed by atoms with Gasteiger partial charge in [-0.1, -0.05) is 22.0 Å². The minimum Gasteiger partial charge on any atom is -0.496 e. The van der Waals surface area contributed by atoms with Crippen molar-refractivity contribution in [3.05, 3.63) is 62.3 Å². The van der Waals surface area contributed by atoms with Gasteiger partial charge in [0, 0.05) is 17.6 Å². The van der Waals surface area contributed by atoms with Crippen molar-refractivity contribution in [1.82, 2.24) is 5.32 Å². The maximum atomic E-state index is 13.2. The van der Waals surface area contributed by atoms with E-state index in [0.29, 0.717) is 13.1 Å². The van der Waals surface area contributed by atoms with Gasteiger partial charge in [-0.05, 0) is 57.4 Å². The van der Waals surface area contributed by atoms with Gasteiger partial charge in [-0.15, -0.1) is 0 Å². The summed E-state index contributed by atoms with van der Waals surface area (Å²) in [6, 6.07) is 10.6. The highest BCUT2D eigenvalue weighted by Crippen LogP contribution is 2.25. The van der Waals surface area contributed by atoms with Gasteiger partial charge < -0.3 is 10.1 Å². The first-order valence-corrected chi connectivity index (χ1v) is 7.66. The number of nitrogens with one attached hydrogen (secondary N) is 1. The fourth-order valence-corrected chi connectivity index (χ4v) is 2.82. The van der Waals surface area contributed by atoms with Crippen LogP contribution in [0, 0.1) is 5.82 Å². The molecule has 0 amide bonds. The van der Waals surface area contributed by atoms with E-state index in [1.165, 1.54) is 12.1 Å². The van der Waals surface area contributed by atoms with Gasteiger partial charge in [0.15, 0.2) is 0 Å². The summed E-state index contributed by atoms with van der Waals surface area (Å²) >= 11 is 6.87. The minimum atomic E-state index is -0.225. The van der Waals surface area contributed by atoms with Gasteiger partial charge in [-0.25, -0.2) is 4.39 Å². The highest BCUT2D eigenvalue weighted by Gasteiger charge is 2.03. The number of rotatable bonds is 5. The summed E-state index contributed by atoms with van der Waals surface area (Å²) in [6.45, 7) is 1.30. The second kappa shape index (κ2) is 7.20. The second-order valence-electron chi connectivity index (χ2n) is 4.31. The van der Waals surface area contributed by atoms with Crippen LogP contribution < -0.4 is 10.1 Å². The van der Waals surface area contributed by atoms with E-state index in [9.17, 15) is 4.39 Å². The molecule has 0 aliphatic heterocycles. The Hall–Kier alpha value is -0.910. The van der Waals surface area contributed by atoms with Crippen molar-refractivity contribution >= 4 is 31.9 Å². The molecule has 2 nitrogen and oxygen atoms in total. The summed E-state index contributed by atoms with van der Waals surface area (Å²) < 4.78 is 20.2. The predicted molar refractivity (Wildman–Crippen MR) is 85.3 cm³/mol. The highest BCUT2D eigenvalue weighted by molar-refractivity contribution is 9.10. The zero-order valence-corrected chi connectivity index (χ0v) is 14.1. The molecule has 0 unspecified atom stereocenters. The van der Waals surface area contributed by atoms with Crippen LogP contribution >= 0.6 is 31.9 Å². The molecule has 0 saturated carbocycles. The third-order valence-electron chi connectivity index (χ3n) is 2.87. The molecule has 0 saturated heterocycles. The molecule has 0 aromatic heterocycles. The molecule has 0 aliphatic rings. The lowest BCUT2D eigenvalue weighted by Gasteiger charge is -2.09. The molecule has 0 spiro atoms. The van der Waals surface area contributed by atoms with E-state index in [0.717, 1.165) is 25.8 Å². The summed E-state index contributed by atoms with van der Waals surface area (Å²) in [4.78, 5) is 0. The Kier molecular flexibility index (Phi) is 5.57. The van der Waals surface area contributed by atoms with Crippen LogP contribution in [0.2, 0.25) is 0 Å². The summed E-state index contributed by atoms with van der Waals surface area (Å²) in [5.41, 5.74) is 2.03. The SMILES string of the molecule is COc1ccc(CNCc2cc(F)ccc2Br)cc1Br. The summed E-state index contributed by atoms with van der Waals surface area (Å²) in [7, 11) is 1.64. The molecule has 0 bridgehead atoms. The number of halogens is 3. The third-order valence-corrected chi connectivity index (χ3v) is 4.26. The second-order valence-corrected chi connectivity index (χ2v) is 6.02. The van der Waals surface area contributed by atoms with Crippen LogP contribution in [-0.2, 0) is 13.1 Å². The van der Waals surface area contributed by atoms with Crippen molar-refractivity contribution in [3.63, 3.8) is 0 Å². The zero-order chi connectivity index (χ0) is 14.5. The molecule has 1 N–H and O–H groups in total. The van der Waals surface area contributed by atoms with Gasteiger partial charge in [0.25, 0.3) is 0 Å². The van der Waals surface area contributed by atoms with Crippen molar-refractivity contribution in [2.45, 2.75) is 13.1 Å². The van der Waals surface area contributed by atoms with E-state index in [1.54, 1.807) is 13.2 Å². The van der Waals surface area contributed by atoms with Crippen molar-refractivity contribution in [3.8, 4) is 5.75 Å². The number of benzene rings is 2. The standard InChI is InChI=1S/C15H14Br2FNO/c1-20-15-5-2-10(6-14(15)17)8-19-9-11-7-12(18)3-4-13(11)16/h2-7,19H,8-9H2,1H3. The van der Waals surface area contributed by atoms with Gasteiger partial charge in [0.05, 0.1) is 11.6 Å². The fourth-order valence-electron chi connectivity index (χ4n) is 1.84. The zero-order valence-electron chi connectivity index (χ0n) is 10.9. The molecule has 0 fully saturated rings. The van der Waals surface area contributed by atoms with Crippen molar-refractivity contribution in [1.29, 1.82) is 0 Å². The van der Waals surface area contributed by atoms with Crippen molar-refractivity contribution in [2.24, 2.45) is 0 Å². The molecular formula is C15H14Br2FNO. The summed E-state index contributed by atoms with van der Waals surface area (Å²) in [5, 5.41) is 3.29. The smallest absolute Gasteiger partial charge is 0.133 e. The first kappa shape index (κ1) is 15.5. The molecule has 0 atom stereocenters. The number of methoxy groups -OCH3 is 1. The van der Waals surface area contributed by atoms with Gasteiger partial charge in [0.1, 0.15) is 11.6 Å². The first-order chi connectivity index (χ1) is 9.60. The Morgan fingerprint density at radius 1 is 1.05 bits per heavy atom. The average molecular weight is 403 g/mol. The van der Waals surface area contributed by atoms with Gasteiger partial charge in [-0.3, -0.25) is 0 Å². The minimum absolute atomic E-state index is 0.225. The third kappa shape index (κ3) is 4.04. The van der Waals surface area contributed by atoms with Gasteiger partial charge >= 0.3 is 0 Å². The van der Waals surface area contributed by atoms with E-state index in [2.05, 4.69) is 37.2 Å². The van der Waals surface area contributed by atoms with E-state index < -0.39 is 0 Å². The molecule has 0 radical (unpaired) electrons. The van der Waals surface area contributed by atoms with Gasteiger partial charge in [0.2, 0.25) is 0 Å². The van der Waals surface area contributed by atoms with Gasteiger partial charge in [-0.2, -0.15) is 0 Å². The average Bonchev–Trinajstić information content (AvgIpc) is 2.43. The normalized spacial score (nSPS) is 10.6. The van der Waals surface area contributed by atoms with Crippen LogP contribution in [0.15, 0.2) is 45.3 Å². The number of hydrogen-bond acceptors (Lipinski definition) is 2. The van der Waals surface area contributed by atoms with Crippen LogP contribution in [0.4, 0.5) is 4.39 Å². The lowest BCUT2D eigenvalue weighted by Crippen LogP contribution is -2.13. The Morgan fingerprint density at radius 3 is 2.55 bits per heavy atom. The largest absolute Gasteiger partial charge is 0.496 e. The maximum Gasteiger partial charge on any atom is 0.133 e. The molecule has 20 heavy (non-hydrogen) atoms. The lowest BCUT2D eigenvalue weighted by atomic mass is 10.2. The molecular weight excluding hydrogens is 389 g/mol. The predicted octanol–water partition coefficient (Wildman–Crippen LogP) is 4.65. The molecule has 2 rings (SSSR count). The van der Waals surface area contributed by atoms with E-state index in [1.807, 2.05) is 18.2 Å². The fraction of sp³-hybridized carbons (Fsp3) is 0.200. The first-order valence-electron chi connectivity index (χ1n) is 6.07. The number of hydrogen-bond donors (Lipinski definition) is 1. The summed E-state index contributed by atoms with van der Waals surface area (Å²) in [5.74, 6) is 0.582. The maximum absolute atomic E-state index is 13.2. The molecule has 2 aromatic carbocycles. The van der Waals surface area contributed by atoms with E-state index in [4.69, 9.17) is 4.74 Å². The molecule has 0 heterocycles. The van der Waals surface area contributed by atoms with Crippen molar-refractivity contribution < 1.29 is 9.13 Å². The molecule has 106 valence electrons. The van der Waals surface area contributed by atoms with E-state index >= 15 is 0 Å². The van der Waals surface area contributed by atoms with Crippen LogP contribution in [-0.4, -0.2) is 7.11 Å². The van der Waals surface area contributed by atoms with Crippen LogP contribution in [0.1, 0.15) is 11.1 Å². The van der Waals surface area contributed by atoms with Crippen LogP contribution in [0.3, 0.4) is 0 Å². The Morgan fingerprint density at radius 2 is 1.85 bits per heavy atom. The molecule has 0 aliphatic carbocycles. The Bertz CT molecular complexity index is 604.